The van der Waals surface area contributed by atoms with Gasteiger partial charge in [0, 0.05) is 32.6 Å². The highest BCUT2D eigenvalue weighted by Gasteiger charge is 2.24. The standard InChI is InChI=1S/C24H30N2O5/c1-19-9-11-20(12-10-19)30-17-5-8-23(27)25-13-15-26(16-14-25)24(28)18-31-22-7-4-3-6-21(22)29-2/h3-4,6-7,9-12H,5,8,13-18H2,1-2H3. The highest BCUT2D eigenvalue weighted by Crippen LogP contribution is 2.25. The number of para-hydroxylation sites is 2. The quantitative estimate of drug-likeness (QED) is 0.577. The Bertz CT molecular complexity index is 861. The van der Waals surface area contributed by atoms with Gasteiger partial charge < -0.3 is 24.0 Å². The molecule has 166 valence electrons. The first kappa shape index (κ1) is 22.5. The second kappa shape index (κ2) is 11.2. The van der Waals surface area contributed by atoms with Crippen LogP contribution in [0, 0.1) is 6.92 Å². The molecule has 0 bridgehead atoms. The molecular formula is C24H30N2O5. The Labute approximate surface area is 183 Å². The van der Waals surface area contributed by atoms with E-state index < -0.39 is 0 Å². The molecule has 1 aliphatic heterocycles. The Morgan fingerprint density at radius 1 is 0.839 bits per heavy atom. The largest absolute Gasteiger partial charge is 0.494 e. The van der Waals surface area contributed by atoms with Gasteiger partial charge in [-0.05, 0) is 37.6 Å². The second-order valence-corrected chi connectivity index (χ2v) is 7.47. The summed E-state index contributed by atoms with van der Waals surface area (Å²) in [5.41, 5.74) is 1.19. The highest BCUT2D eigenvalue weighted by molar-refractivity contribution is 5.79. The predicted octanol–water partition coefficient (Wildman–Crippen LogP) is 2.91. The van der Waals surface area contributed by atoms with Crippen molar-refractivity contribution in [2.24, 2.45) is 0 Å². The summed E-state index contributed by atoms with van der Waals surface area (Å²) in [6, 6.07) is 15.1. The van der Waals surface area contributed by atoms with Gasteiger partial charge in [-0.25, -0.2) is 0 Å². The number of benzene rings is 2. The Hall–Kier alpha value is -3.22. The number of hydrogen-bond donors (Lipinski definition) is 0. The van der Waals surface area contributed by atoms with Crippen molar-refractivity contribution in [1.82, 2.24) is 9.80 Å². The molecule has 0 aromatic heterocycles. The van der Waals surface area contributed by atoms with Crippen LogP contribution < -0.4 is 14.2 Å². The summed E-state index contributed by atoms with van der Waals surface area (Å²) >= 11 is 0. The van der Waals surface area contributed by atoms with E-state index in [-0.39, 0.29) is 18.4 Å². The predicted molar refractivity (Wildman–Crippen MR) is 118 cm³/mol. The third-order valence-electron chi connectivity index (χ3n) is 5.23. The molecule has 0 aliphatic carbocycles. The zero-order chi connectivity index (χ0) is 22.1. The highest BCUT2D eigenvalue weighted by atomic mass is 16.5. The molecule has 31 heavy (non-hydrogen) atoms. The van der Waals surface area contributed by atoms with Crippen LogP contribution in [0.3, 0.4) is 0 Å². The molecule has 3 rings (SSSR count). The lowest BCUT2D eigenvalue weighted by Gasteiger charge is -2.34. The van der Waals surface area contributed by atoms with Gasteiger partial charge in [-0.3, -0.25) is 9.59 Å². The first-order chi connectivity index (χ1) is 15.1. The molecule has 7 heteroatoms. The second-order valence-electron chi connectivity index (χ2n) is 7.47. The van der Waals surface area contributed by atoms with Gasteiger partial charge >= 0.3 is 0 Å². The number of carbonyl (C=O) groups excluding carboxylic acids is 2. The molecule has 0 N–H and O–H groups in total. The molecule has 2 aromatic rings. The van der Waals surface area contributed by atoms with E-state index in [4.69, 9.17) is 14.2 Å². The summed E-state index contributed by atoms with van der Waals surface area (Å²) in [6.07, 6.45) is 1.11. The summed E-state index contributed by atoms with van der Waals surface area (Å²) in [7, 11) is 1.56. The number of hydrogen-bond acceptors (Lipinski definition) is 5. The van der Waals surface area contributed by atoms with Gasteiger partial charge in [0.1, 0.15) is 5.75 Å². The van der Waals surface area contributed by atoms with Gasteiger partial charge in [0.2, 0.25) is 5.91 Å². The summed E-state index contributed by atoms with van der Waals surface area (Å²) in [4.78, 5) is 28.4. The SMILES string of the molecule is COc1ccccc1OCC(=O)N1CCN(C(=O)CCCOc2ccc(C)cc2)CC1. The number of methoxy groups -OCH3 is 1. The number of rotatable bonds is 9. The zero-order valence-electron chi connectivity index (χ0n) is 18.2. The topological polar surface area (TPSA) is 68.3 Å². The van der Waals surface area contributed by atoms with E-state index in [0.717, 1.165) is 5.75 Å². The van der Waals surface area contributed by atoms with Crippen LogP contribution in [0.5, 0.6) is 17.2 Å². The zero-order valence-corrected chi connectivity index (χ0v) is 18.2. The maximum Gasteiger partial charge on any atom is 0.260 e. The molecule has 1 fully saturated rings. The molecule has 0 saturated carbocycles. The van der Waals surface area contributed by atoms with Gasteiger partial charge in [0.05, 0.1) is 13.7 Å². The number of ether oxygens (including phenoxy) is 3. The maximum atomic E-state index is 12.5. The van der Waals surface area contributed by atoms with Crippen LogP contribution in [0.1, 0.15) is 18.4 Å². The number of piperazine rings is 1. The van der Waals surface area contributed by atoms with Gasteiger partial charge in [-0.1, -0.05) is 29.8 Å². The first-order valence-electron chi connectivity index (χ1n) is 10.6. The van der Waals surface area contributed by atoms with Crippen molar-refractivity contribution in [1.29, 1.82) is 0 Å². The first-order valence-corrected chi connectivity index (χ1v) is 10.6. The van der Waals surface area contributed by atoms with Crippen LogP contribution in [0.4, 0.5) is 0 Å². The molecule has 2 amide bonds. The van der Waals surface area contributed by atoms with Crippen molar-refractivity contribution in [3.05, 3.63) is 54.1 Å². The van der Waals surface area contributed by atoms with Crippen molar-refractivity contribution in [2.45, 2.75) is 19.8 Å². The fraction of sp³-hybridized carbons (Fsp3) is 0.417. The average molecular weight is 427 g/mol. The third kappa shape index (κ3) is 6.64. The summed E-state index contributed by atoms with van der Waals surface area (Å²) < 4.78 is 16.5. The van der Waals surface area contributed by atoms with Crippen molar-refractivity contribution in [2.75, 3.05) is 46.5 Å². The lowest BCUT2D eigenvalue weighted by atomic mass is 10.2. The van der Waals surface area contributed by atoms with Crippen molar-refractivity contribution in [3.8, 4) is 17.2 Å². The van der Waals surface area contributed by atoms with Gasteiger partial charge in [-0.15, -0.1) is 0 Å². The Morgan fingerprint density at radius 2 is 1.45 bits per heavy atom. The Balaban J connectivity index is 1.34. The number of carbonyl (C=O) groups is 2. The molecule has 1 heterocycles. The van der Waals surface area contributed by atoms with E-state index in [9.17, 15) is 9.59 Å². The van der Waals surface area contributed by atoms with E-state index >= 15 is 0 Å². The van der Waals surface area contributed by atoms with Crippen LogP contribution in [0.2, 0.25) is 0 Å². The van der Waals surface area contributed by atoms with E-state index in [1.165, 1.54) is 5.56 Å². The molecule has 2 aromatic carbocycles. The van der Waals surface area contributed by atoms with Crippen LogP contribution in [-0.2, 0) is 9.59 Å². The van der Waals surface area contributed by atoms with E-state index in [1.54, 1.807) is 24.1 Å². The summed E-state index contributed by atoms with van der Waals surface area (Å²) in [5, 5.41) is 0. The lowest BCUT2D eigenvalue weighted by Crippen LogP contribution is -2.51. The van der Waals surface area contributed by atoms with Crippen molar-refractivity contribution in [3.63, 3.8) is 0 Å². The molecule has 0 atom stereocenters. The summed E-state index contributed by atoms with van der Waals surface area (Å²) in [6.45, 7) is 4.59. The molecule has 0 unspecified atom stereocenters. The van der Waals surface area contributed by atoms with Crippen molar-refractivity contribution >= 4 is 11.8 Å². The fourth-order valence-electron chi connectivity index (χ4n) is 3.38. The smallest absolute Gasteiger partial charge is 0.260 e. The molecule has 0 spiro atoms. The fourth-order valence-corrected chi connectivity index (χ4v) is 3.38. The van der Waals surface area contributed by atoms with Gasteiger partial charge in [-0.2, -0.15) is 0 Å². The van der Waals surface area contributed by atoms with Crippen LogP contribution in [0.15, 0.2) is 48.5 Å². The minimum atomic E-state index is -0.0931. The van der Waals surface area contributed by atoms with E-state index in [2.05, 4.69) is 0 Å². The van der Waals surface area contributed by atoms with E-state index in [1.807, 2.05) is 48.2 Å². The number of nitrogens with zero attached hydrogens (tertiary/aromatic N) is 2. The minimum absolute atomic E-state index is 0.0509. The molecule has 1 aliphatic rings. The molecular weight excluding hydrogens is 396 g/mol. The molecule has 0 radical (unpaired) electrons. The van der Waals surface area contributed by atoms with Crippen molar-refractivity contribution < 1.29 is 23.8 Å². The van der Waals surface area contributed by atoms with Gasteiger partial charge in [0.15, 0.2) is 18.1 Å². The normalized spacial score (nSPS) is 13.6. The van der Waals surface area contributed by atoms with Crippen LogP contribution in [0.25, 0.3) is 0 Å². The lowest BCUT2D eigenvalue weighted by molar-refractivity contribution is -0.140. The Kier molecular flexibility index (Phi) is 8.15. The number of aryl methyl sites for hydroxylation is 1. The molecule has 7 nitrogen and oxygen atoms in total. The number of amides is 2. The van der Waals surface area contributed by atoms with Gasteiger partial charge in [0.25, 0.3) is 5.91 Å². The monoisotopic (exact) mass is 426 g/mol. The minimum Gasteiger partial charge on any atom is -0.494 e. The van der Waals surface area contributed by atoms with Crippen LogP contribution in [-0.4, -0.2) is 68.1 Å². The summed E-state index contributed by atoms with van der Waals surface area (Å²) in [5.74, 6) is 1.96. The Morgan fingerprint density at radius 3 is 2.10 bits per heavy atom. The average Bonchev–Trinajstić information content (AvgIpc) is 2.81. The maximum absolute atomic E-state index is 12.5. The van der Waals surface area contributed by atoms with Crippen LogP contribution >= 0.6 is 0 Å². The third-order valence-corrected chi connectivity index (χ3v) is 5.23. The van der Waals surface area contributed by atoms with E-state index in [0.29, 0.717) is 57.1 Å². The molecule has 1 saturated heterocycles.